The zero-order valence-electron chi connectivity index (χ0n) is 17.1. The molecule has 0 amide bonds. The molecule has 0 aliphatic carbocycles. The monoisotopic (exact) mass is 422 g/mol. The number of aryl methyl sites for hydroxylation is 2. The maximum Gasteiger partial charge on any atom is 0.150 e. The van der Waals surface area contributed by atoms with Crippen molar-refractivity contribution in [3.63, 3.8) is 0 Å². The highest BCUT2D eigenvalue weighted by Crippen LogP contribution is 2.28. The number of rotatable bonds is 8. The molecule has 0 aliphatic rings. The Bertz CT molecular complexity index is 1030. The summed E-state index contributed by atoms with van der Waals surface area (Å²) in [5.74, 6) is -0.274. The van der Waals surface area contributed by atoms with E-state index in [1.807, 2.05) is 24.3 Å². The topological polar surface area (TPSA) is 17.1 Å². The molecule has 0 heterocycles. The second kappa shape index (κ2) is 10.4. The first-order chi connectivity index (χ1) is 14.4. The van der Waals surface area contributed by atoms with Gasteiger partial charge in [0.25, 0.3) is 0 Å². The van der Waals surface area contributed by atoms with Crippen molar-refractivity contribution in [3.8, 4) is 0 Å². The lowest BCUT2D eigenvalue weighted by molar-refractivity contribution is 0.112. The minimum absolute atomic E-state index is 0.569. The summed E-state index contributed by atoms with van der Waals surface area (Å²) in [5.41, 5.74) is 5.56. The average Bonchev–Trinajstić information content (AvgIpc) is 2.72. The SMILES string of the molecule is Cc1ccc(C=C(CCCSc2ccc(C=O)cc2)c2cc(F)cc(F)c2)cc1C. The molecule has 0 bridgehead atoms. The molecule has 30 heavy (non-hydrogen) atoms. The van der Waals surface area contributed by atoms with Crippen molar-refractivity contribution in [1.82, 2.24) is 0 Å². The third-order valence-corrected chi connectivity index (χ3v) is 6.08. The molecule has 4 heteroatoms. The Morgan fingerprint density at radius 2 is 1.53 bits per heavy atom. The number of aldehydes is 1. The third kappa shape index (κ3) is 6.14. The van der Waals surface area contributed by atoms with Crippen molar-refractivity contribution in [2.75, 3.05) is 5.75 Å². The molecule has 3 rings (SSSR count). The van der Waals surface area contributed by atoms with Gasteiger partial charge in [-0.05, 0) is 84.5 Å². The molecule has 154 valence electrons. The maximum atomic E-state index is 13.8. The largest absolute Gasteiger partial charge is 0.298 e. The Kier molecular flexibility index (Phi) is 7.58. The summed E-state index contributed by atoms with van der Waals surface area (Å²) < 4.78 is 27.6. The van der Waals surface area contributed by atoms with Crippen LogP contribution in [0.5, 0.6) is 0 Å². The molecule has 0 aliphatic heterocycles. The second-order valence-corrected chi connectivity index (χ2v) is 8.48. The van der Waals surface area contributed by atoms with Crippen LogP contribution in [0.25, 0.3) is 11.6 Å². The molecule has 0 aromatic heterocycles. The number of carbonyl (C=O) groups excluding carboxylic acids is 1. The van der Waals surface area contributed by atoms with Gasteiger partial charge < -0.3 is 0 Å². The highest BCUT2D eigenvalue weighted by atomic mass is 32.2. The highest BCUT2D eigenvalue weighted by molar-refractivity contribution is 7.99. The summed E-state index contributed by atoms with van der Waals surface area (Å²) in [5, 5.41) is 0. The number of hydrogen-bond donors (Lipinski definition) is 0. The zero-order valence-corrected chi connectivity index (χ0v) is 17.9. The van der Waals surface area contributed by atoms with Crippen LogP contribution in [0.1, 0.15) is 45.5 Å². The number of carbonyl (C=O) groups is 1. The number of allylic oxidation sites excluding steroid dienone is 1. The molecule has 3 aromatic rings. The molecule has 0 radical (unpaired) electrons. The van der Waals surface area contributed by atoms with Gasteiger partial charge in [-0.25, -0.2) is 8.78 Å². The number of hydrogen-bond acceptors (Lipinski definition) is 2. The minimum Gasteiger partial charge on any atom is -0.298 e. The van der Waals surface area contributed by atoms with Gasteiger partial charge in [0.2, 0.25) is 0 Å². The van der Waals surface area contributed by atoms with E-state index in [9.17, 15) is 13.6 Å². The van der Waals surface area contributed by atoms with E-state index in [2.05, 4.69) is 26.0 Å². The van der Waals surface area contributed by atoms with Gasteiger partial charge in [-0.3, -0.25) is 4.79 Å². The summed E-state index contributed by atoms with van der Waals surface area (Å²) >= 11 is 1.70. The van der Waals surface area contributed by atoms with Gasteiger partial charge in [-0.1, -0.05) is 36.4 Å². The number of thioether (sulfide) groups is 1. The predicted molar refractivity (Wildman–Crippen MR) is 122 cm³/mol. The molecule has 0 N–H and O–H groups in total. The smallest absolute Gasteiger partial charge is 0.150 e. The van der Waals surface area contributed by atoms with Crippen molar-refractivity contribution in [2.24, 2.45) is 0 Å². The van der Waals surface area contributed by atoms with Crippen molar-refractivity contribution in [3.05, 3.63) is 100 Å². The summed E-state index contributed by atoms with van der Waals surface area (Å²) in [6.07, 6.45) is 4.41. The van der Waals surface area contributed by atoms with Crippen molar-refractivity contribution >= 4 is 29.7 Å². The normalized spacial score (nSPS) is 11.5. The van der Waals surface area contributed by atoms with Crippen LogP contribution in [-0.2, 0) is 0 Å². The first-order valence-corrected chi connectivity index (χ1v) is 10.9. The first kappa shape index (κ1) is 22.0. The standard InChI is InChI=1S/C26H24F2OS/c1-18-5-6-21(12-19(18)2)13-22(23-14-24(27)16-25(28)15-23)4-3-11-30-26-9-7-20(17-29)8-10-26/h5-10,12-17H,3-4,11H2,1-2H3. The van der Waals surface area contributed by atoms with E-state index in [4.69, 9.17) is 0 Å². The molecular formula is C26H24F2OS. The minimum atomic E-state index is -0.569. The van der Waals surface area contributed by atoms with E-state index >= 15 is 0 Å². The van der Waals surface area contributed by atoms with E-state index < -0.39 is 11.6 Å². The fraction of sp³-hybridized carbons (Fsp3) is 0.192. The molecule has 3 aromatic carbocycles. The predicted octanol–water partition coefficient (Wildman–Crippen LogP) is 7.51. The third-order valence-electron chi connectivity index (χ3n) is 4.98. The Morgan fingerprint density at radius 1 is 0.867 bits per heavy atom. The second-order valence-electron chi connectivity index (χ2n) is 7.31. The first-order valence-electron chi connectivity index (χ1n) is 9.87. The lowest BCUT2D eigenvalue weighted by Crippen LogP contribution is -1.92. The van der Waals surface area contributed by atoms with E-state index in [1.165, 1.54) is 23.3 Å². The molecule has 1 nitrogen and oxygen atoms in total. The van der Waals surface area contributed by atoms with Crippen molar-refractivity contribution in [1.29, 1.82) is 0 Å². The Labute approximate surface area is 180 Å². The lowest BCUT2D eigenvalue weighted by Gasteiger charge is -2.10. The molecular weight excluding hydrogens is 398 g/mol. The zero-order chi connectivity index (χ0) is 21.5. The van der Waals surface area contributed by atoms with Gasteiger partial charge in [0.15, 0.2) is 0 Å². The molecule has 0 saturated heterocycles. The summed E-state index contributed by atoms with van der Waals surface area (Å²) in [4.78, 5) is 11.9. The van der Waals surface area contributed by atoms with E-state index in [1.54, 1.807) is 23.9 Å². The van der Waals surface area contributed by atoms with Crippen LogP contribution in [0.15, 0.2) is 65.6 Å². The fourth-order valence-corrected chi connectivity index (χ4v) is 4.04. The number of halogens is 2. The van der Waals surface area contributed by atoms with Gasteiger partial charge in [0.05, 0.1) is 0 Å². The lowest BCUT2D eigenvalue weighted by atomic mass is 9.97. The highest BCUT2D eigenvalue weighted by Gasteiger charge is 2.08. The average molecular weight is 423 g/mol. The van der Waals surface area contributed by atoms with Gasteiger partial charge in [0.1, 0.15) is 17.9 Å². The Hall–Kier alpha value is -2.72. The van der Waals surface area contributed by atoms with Gasteiger partial charge in [-0.2, -0.15) is 0 Å². The van der Waals surface area contributed by atoms with Crippen LogP contribution in [-0.4, -0.2) is 12.0 Å². The van der Waals surface area contributed by atoms with E-state index in [0.717, 1.165) is 40.6 Å². The maximum absolute atomic E-state index is 13.8. The van der Waals surface area contributed by atoms with E-state index in [-0.39, 0.29) is 0 Å². The summed E-state index contributed by atoms with van der Waals surface area (Å²) in [6, 6.07) is 17.3. The molecule has 0 saturated carbocycles. The molecule has 0 fully saturated rings. The van der Waals surface area contributed by atoms with Crippen LogP contribution in [0.3, 0.4) is 0 Å². The van der Waals surface area contributed by atoms with Crippen LogP contribution in [0, 0.1) is 25.5 Å². The van der Waals surface area contributed by atoms with Gasteiger partial charge in [-0.15, -0.1) is 11.8 Å². The van der Waals surface area contributed by atoms with Gasteiger partial charge >= 0.3 is 0 Å². The fourth-order valence-electron chi connectivity index (χ4n) is 3.19. The Balaban J connectivity index is 1.75. The number of benzene rings is 3. The van der Waals surface area contributed by atoms with Crippen LogP contribution in [0.4, 0.5) is 8.78 Å². The molecule has 0 spiro atoms. The van der Waals surface area contributed by atoms with Crippen LogP contribution >= 0.6 is 11.8 Å². The Morgan fingerprint density at radius 3 is 2.17 bits per heavy atom. The molecule has 0 atom stereocenters. The van der Waals surface area contributed by atoms with Crippen LogP contribution in [0.2, 0.25) is 0 Å². The van der Waals surface area contributed by atoms with Gasteiger partial charge in [0, 0.05) is 16.5 Å². The quantitative estimate of drug-likeness (QED) is 0.162. The molecule has 0 unspecified atom stereocenters. The van der Waals surface area contributed by atoms with Crippen molar-refractivity contribution in [2.45, 2.75) is 31.6 Å². The summed E-state index contributed by atoms with van der Waals surface area (Å²) in [6.45, 7) is 4.12. The summed E-state index contributed by atoms with van der Waals surface area (Å²) in [7, 11) is 0. The van der Waals surface area contributed by atoms with E-state index in [0.29, 0.717) is 17.5 Å². The van der Waals surface area contributed by atoms with Crippen LogP contribution < -0.4 is 0 Å². The van der Waals surface area contributed by atoms with Crippen molar-refractivity contribution < 1.29 is 13.6 Å².